The largest absolute Gasteiger partial charge is 0.508 e. The van der Waals surface area contributed by atoms with Gasteiger partial charge in [0.1, 0.15) is 5.75 Å². The molecule has 1 unspecified atom stereocenters. The van der Waals surface area contributed by atoms with Crippen molar-refractivity contribution in [2.45, 2.75) is 19.3 Å². The van der Waals surface area contributed by atoms with Crippen LogP contribution in [-0.4, -0.2) is 24.9 Å². The Bertz CT molecular complexity index is 379. The van der Waals surface area contributed by atoms with E-state index in [4.69, 9.17) is 15.2 Å². The van der Waals surface area contributed by atoms with Gasteiger partial charge >= 0.3 is 0 Å². The zero-order valence-electron chi connectivity index (χ0n) is 9.40. The van der Waals surface area contributed by atoms with Crippen LogP contribution in [0.4, 0.5) is 0 Å². The van der Waals surface area contributed by atoms with Gasteiger partial charge < -0.3 is 20.3 Å². The summed E-state index contributed by atoms with van der Waals surface area (Å²) in [4.78, 5) is 0. The number of hydrogen-bond acceptors (Lipinski definition) is 4. The maximum absolute atomic E-state index is 9.87. The summed E-state index contributed by atoms with van der Waals surface area (Å²) < 4.78 is 11.2. The van der Waals surface area contributed by atoms with Crippen molar-refractivity contribution in [1.29, 1.82) is 0 Å². The van der Waals surface area contributed by atoms with Gasteiger partial charge in [0.15, 0.2) is 11.5 Å². The van der Waals surface area contributed by atoms with Gasteiger partial charge in [-0.25, -0.2) is 0 Å². The molecule has 0 aromatic heterocycles. The first-order valence-corrected chi connectivity index (χ1v) is 5.55. The van der Waals surface area contributed by atoms with Crippen LogP contribution in [0, 0.1) is 0 Å². The Morgan fingerprint density at radius 2 is 2.12 bits per heavy atom. The van der Waals surface area contributed by atoms with Crippen molar-refractivity contribution >= 4 is 0 Å². The van der Waals surface area contributed by atoms with Gasteiger partial charge in [0, 0.05) is 17.9 Å². The van der Waals surface area contributed by atoms with Gasteiger partial charge in [-0.2, -0.15) is 0 Å². The molecule has 4 heteroatoms. The average Bonchev–Trinajstić information content (AvgIpc) is 2.53. The normalized spacial score (nSPS) is 16.6. The van der Waals surface area contributed by atoms with Gasteiger partial charge in [0.2, 0.25) is 0 Å². The molecule has 16 heavy (non-hydrogen) atoms. The van der Waals surface area contributed by atoms with Crippen molar-refractivity contribution in [3.8, 4) is 17.2 Å². The molecule has 0 bridgehead atoms. The van der Waals surface area contributed by atoms with Crippen LogP contribution in [0.2, 0.25) is 0 Å². The van der Waals surface area contributed by atoms with Crippen LogP contribution < -0.4 is 15.2 Å². The Labute approximate surface area is 95.0 Å². The fourth-order valence-corrected chi connectivity index (χ4v) is 1.84. The van der Waals surface area contributed by atoms with E-state index >= 15 is 0 Å². The summed E-state index contributed by atoms with van der Waals surface area (Å²) in [5.74, 6) is 1.62. The van der Waals surface area contributed by atoms with Crippen molar-refractivity contribution in [2.75, 3.05) is 19.8 Å². The Kier molecular flexibility index (Phi) is 3.19. The predicted octanol–water partition coefficient (Wildman–Crippen LogP) is 1.62. The molecule has 2 rings (SSSR count). The van der Waals surface area contributed by atoms with Crippen molar-refractivity contribution in [3.63, 3.8) is 0 Å². The molecule has 4 nitrogen and oxygen atoms in total. The van der Waals surface area contributed by atoms with Crippen molar-refractivity contribution in [2.24, 2.45) is 5.73 Å². The molecule has 0 saturated heterocycles. The van der Waals surface area contributed by atoms with E-state index in [1.54, 1.807) is 12.1 Å². The molecule has 0 radical (unpaired) electrons. The second-order valence-electron chi connectivity index (χ2n) is 4.01. The molecule has 0 fully saturated rings. The van der Waals surface area contributed by atoms with Crippen molar-refractivity contribution < 1.29 is 14.6 Å². The molecule has 0 aliphatic carbocycles. The second-order valence-corrected chi connectivity index (χ2v) is 4.01. The Balaban J connectivity index is 2.48. The maximum Gasteiger partial charge on any atom is 0.168 e. The first-order chi connectivity index (χ1) is 7.74. The number of phenolic OH excluding ortho intramolecular Hbond substituents is 1. The second kappa shape index (κ2) is 4.61. The summed E-state index contributed by atoms with van der Waals surface area (Å²) in [7, 11) is 0. The summed E-state index contributed by atoms with van der Waals surface area (Å²) in [6.07, 6.45) is 0.853. The summed E-state index contributed by atoms with van der Waals surface area (Å²) in [5.41, 5.74) is 6.39. The van der Waals surface area contributed by atoms with E-state index in [-0.39, 0.29) is 11.7 Å². The number of rotatable bonds is 2. The number of fused-ring (bicyclic) bond motifs is 1. The molecular formula is C12H17NO3. The van der Waals surface area contributed by atoms with Crippen LogP contribution in [0.3, 0.4) is 0 Å². The third-order valence-electron chi connectivity index (χ3n) is 2.78. The number of aromatic hydroxyl groups is 1. The van der Waals surface area contributed by atoms with Crippen LogP contribution in [-0.2, 0) is 0 Å². The molecule has 1 aliphatic heterocycles. The first kappa shape index (κ1) is 11.1. The average molecular weight is 223 g/mol. The monoisotopic (exact) mass is 223 g/mol. The lowest BCUT2D eigenvalue weighted by Crippen LogP contribution is -2.11. The van der Waals surface area contributed by atoms with Gasteiger partial charge in [-0.15, -0.1) is 0 Å². The minimum Gasteiger partial charge on any atom is -0.508 e. The quantitative estimate of drug-likeness (QED) is 0.799. The summed E-state index contributed by atoms with van der Waals surface area (Å²) in [5, 5.41) is 9.87. The molecule has 1 heterocycles. The van der Waals surface area contributed by atoms with Crippen LogP contribution >= 0.6 is 0 Å². The zero-order chi connectivity index (χ0) is 11.5. The molecule has 3 N–H and O–H groups in total. The summed E-state index contributed by atoms with van der Waals surface area (Å²) in [6, 6.07) is 3.37. The van der Waals surface area contributed by atoms with E-state index in [0.29, 0.717) is 31.3 Å². The molecule has 88 valence electrons. The predicted molar refractivity (Wildman–Crippen MR) is 61.2 cm³/mol. The Morgan fingerprint density at radius 1 is 1.38 bits per heavy atom. The van der Waals surface area contributed by atoms with Gasteiger partial charge in [0.05, 0.1) is 13.2 Å². The van der Waals surface area contributed by atoms with Gasteiger partial charge in [-0.3, -0.25) is 0 Å². The zero-order valence-corrected chi connectivity index (χ0v) is 9.40. The lowest BCUT2D eigenvalue weighted by Gasteiger charge is -2.17. The molecule has 1 aliphatic rings. The number of benzene rings is 1. The summed E-state index contributed by atoms with van der Waals surface area (Å²) >= 11 is 0. The number of ether oxygens (including phenoxy) is 2. The fraction of sp³-hybridized carbons (Fsp3) is 0.500. The smallest absolute Gasteiger partial charge is 0.168 e. The van der Waals surface area contributed by atoms with E-state index in [2.05, 4.69) is 0 Å². The highest BCUT2D eigenvalue weighted by atomic mass is 16.5. The highest BCUT2D eigenvalue weighted by Crippen LogP contribution is 2.42. The molecule has 0 saturated carbocycles. The number of phenols is 1. The summed E-state index contributed by atoms with van der Waals surface area (Å²) in [6.45, 7) is 3.69. The van der Waals surface area contributed by atoms with Crippen LogP contribution in [0.15, 0.2) is 12.1 Å². The van der Waals surface area contributed by atoms with E-state index in [1.807, 2.05) is 6.92 Å². The van der Waals surface area contributed by atoms with Crippen LogP contribution in [0.25, 0.3) is 0 Å². The van der Waals surface area contributed by atoms with E-state index in [0.717, 1.165) is 12.0 Å². The SMILES string of the molecule is CC(CN)c1c(O)ccc2c1OCCCO2. The number of hydrogen-bond donors (Lipinski definition) is 2. The van der Waals surface area contributed by atoms with Gasteiger partial charge in [-0.1, -0.05) is 6.92 Å². The van der Waals surface area contributed by atoms with Crippen LogP contribution in [0.1, 0.15) is 24.8 Å². The molecule has 0 amide bonds. The van der Waals surface area contributed by atoms with Crippen molar-refractivity contribution in [3.05, 3.63) is 17.7 Å². The van der Waals surface area contributed by atoms with Crippen molar-refractivity contribution in [1.82, 2.24) is 0 Å². The molecular weight excluding hydrogens is 206 g/mol. The van der Waals surface area contributed by atoms with E-state index in [1.165, 1.54) is 0 Å². The van der Waals surface area contributed by atoms with Crippen LogP contribution in [0.5, 0.6) is 17.2 Å². The van der Waals surface area contributed by atoms with E-state index < -0.39 is 0 Å². The Hall–Kier alpha value is -1.42. The van der Waals surface area contributed by atoms with Gasteiger partial charge in [0.25, 0.3) is 0 Å². The standard InChI is InChI=1S/C12H17NO3/c1-8(7-13)11-9(14)3-4-10-12(11)16-6-2-5-15-10/h3-4,8,14H,2,5-7,13H2,1H3. The van der Waals surface area contributed by atoms with Gasteiger partial charge in [-0.05, 0) is 18.7 Å². The van der Waals surface area contributed by atoms with E-state index in [9.17, 15) is 5.11 Å². The highest BCUT2D eigenvalue weighted by molar-refractivity contribution is 5.55. The lowest BCUT2D eigenvalue weighted by atomic mass is 9.98. The lowest BCUT2D eigenvalue weighted by molar-refractivity contribution is 0.295. The Morgan fingerprint density at radius 3 is 2.88 bits per heavy atom. The topological polar surface area (TPSA) is 64.7 Å². The molecule has 1 aromatic carbocycles. The fourth-order valence-electron chi connectivity index (χ4n) is 1.84. The first-order valence-electron chi connectivity index (χ1n) is 5.55. The maximum atomic E-state index is 9.87. The molecule has 1 aromatic rings. The molecule has 0 spiro atoms. The highest BCUT2D eigenvalue weighted by Gasteiger charge is 2.21. The molecule has 1 atom stereocenters. The third-order valence-corrected chi connectivity index (χ3v) is 2.78. The number of nitrogens with two attached hydrogens (primary N) is 1. The minimum absolute atomic E-state index is 0.0525. The third kappa shape index (κ3) is 1.93. The minimum atomic E-state index is 0.0525.